The molecule has 0 saturated carbocycles. The molecule has 12 heavy (non-hydrogen) atoms. The predicted octanol–water partition coefficient (Wildman–Crippen LogP) is 1.19. The molecule has 2 N–H and O–H groups in total. The van der Waals surface area contributed by atoms with Gasteiger partial charge in [-0.25, -0.2) is 0 Å². The molecule has 0 rings (SSSR count). The van der Waals surface area contributed by atoms with Gasteiger partial charge in [-0.2, -0.15) is 11.8 Å². The molecule has 0 aliphatic heterocycles. The lowest BCUT2D eigenvalue weighted by Crippen LogP contribution is -2.36. The van der Waals surface area contributed by atoms with Gasteiger partial charge in [-0.05, 0) is 31.4 Å². The van der Waals surface area contributed by atoms with E-state index in [1.165, 1.54) is 0 Å². The van der Waals surface area contributed by atoms with Crippen molar-refractivity contribution in [2.75, 3.05) is 18.6 Å². The van der Waals surface area contributed by atoms with E-state index in [2.05, 4.69) is 5.32 Å². The van der Waals surface area contributed by atoms with E-state index >= 15 is 0 Å². The van der Waals surface area contributed by atoms with Crippen molar-refractivity contribution in [1.82, 2.24) is 5.32 Å². The van der Waals surface area contributed by atoms with Crippen molar-refractivity contribution in [3.8, 4) is 0 Å². The Kier molecular flexibility index (Phi) is 7.29. The van der Waals surface area contributed by atoms with Crippen LogP contribution in [0.3, 0.4) is 0 Å². The summed E-state index contributed by atoms with van der Waals surface area (Å²) in [7, 11) is 0. The van der Waals surface area contributed by atoms with Gasteiger partial charge >= 0.3 is 5.97 Å². The van der Waals surface area contributed by atoms with Gasteiger partial charge in [0, 0.05) is 0 Å². The van der Waals surface area contributed by atoms with E-state index in [0.717, 1.165) is 25.1 Å². The fourth-order valence-corrected chi connectivity index (χ4v) is 1.45. The second-order valence-electron chi connectivity index (χ2n) is 2.58. The smallest absolute Gasteiger partial charge is 0.320 e. The van der Waals surface area contributed by atoms with E-state index in [9.17, 15) is 4.79 Å². The summed E-state index contributed by atoms with van der Waals surface area (Å²) < 4.78 is 0. The molecule has 0 aromatic rings. The number of likely N-dealkylation sites (N-methyl/N-ethyl adjacent to an activating group) is 1. The van der Waals surface area contributed by atoms with Gasteiger partial charge in [-0.3, -0.25) is 4.79 Å². The third-order valence-electron chi connectivity index (χ3n) is 1.59. The first-order valence-electron chi connectivity index (χ1n) is 4.17. The average molecular weight is 191 g/mol. The Hall–Kier alpha value is -0.220. The van der Waals surface area contributed by atoms with Gasteiger partial charge < -0.3 is 10.4 Å². The summed E-state index contributed by atoms with van der Waals surface area (Å²) in [6, 6.07) is -0.359. The molecule has 0 aliphatic rings. The summed E-state index contributed by atoms with van der Waals surface area (Å²) in [5, 5.41) is 11.7. The highest BCUT2D eigenvalue weighted by Gasteiger charge is 2.14. The van der Waals surface area contributed by atoms with Crippen LogP contribution in [-0.2, 0) is 4.79 Å². The number of carbonyl (C=O) groups is 1. The average Bonchev–Trinajstić information content (AvgIpc) is 2.03. The fraction of sp³-hybridized carbons (Fsp3) is 0.875. The zero-order valence-corrected chi connectivity index (χ0v) is 8.49. The van der Waals surface area contributed by atoms with Crippen molar-refractivity contribution in [3.63, 3.8) is 0 Å². The summed E-state index contributed by atoms with van der Waals surface area (Å²) in [6.07, 6.45) is 3.72. The van der Waals surface area contributed by atoms with Gasteiger partial charge in [0.25, 0.3) is 0 Å². The molecule has 1 unspecified atom stereocenters. The third kappa shape index (κ3) is 5.43. The topological polar surface area (TPSA) is 49.3 Å². The first-order valence-corrected chi connectivity index (χ1v) is 5.56. The van der Waals surface area contributed by atoms with Crippen LogP contribution in [0, 0.1) is 0 Å². The molecule has 0 bridgehead atoms. The van der Waals surface area contributed by atoms with Crippen molar-refractivity contribution in [2.45, 2.75) is 25.8 Å². The summed E-state index contributed by atoms with van der Waals surface area (Å²) in [5.74, 6) is 0.299. The molecule has 0 fully saturated rings. The van der Waals surface area contributed by atoms with Gasteiger partial charge in [0.1, 0.15) is 6.04 Å². The summed E-state index contributed by atoms with van der Waals surface area (Å²) in [5.41, 5.74) is 0. The molecule has 0 aromatic carbocycles. The highest BCUT2D eigenvalue weighted by atomic mass is 32.2. The minimum Gasteiger partial charge on any atom is -0.480 e. The first-order chi connectivity index (χ1) is 5.72. The number of hydrogen-bond acceptors (Lipinski definition) is 3. The first kappa shape index (κ1) is 11.8. The van der Waals surface area contributed by atoms with Crippen molar-refractivity contribution in [3.05, 3.63) is 0 Å². The fourth-order valence-electron chi connectivity index (χ4n) is 0.991. The molecule has 3 nitrogen and oxygen atoms in total. The lowest BCUT2D eigenvalue weighted by Gasteiger charge is -2.11. The number of hydrogen-bond donors (Lipinski definition) is 2. The van der Waals surface area contributed by atoms with Crippen LogP contribution in [0.5, 0.6) is 0 Å². The number of rotatable bonds is 7. The molecule has 4 heteroatoms. The largest absolute Gasteiger partial charge is 0.480 e. The SMILES string of the molecule is CCNC(CCCSC)C(=O)O. The summed E-state index contributed by atoms with van der Waals surface area (Å²) >= 11 is 1.75. The molecule has 0 spiro atoms. The Morgan fingerprint density at radius 1 is 1.67 bits per heavy atom. The number of carboxylic acid groups (broad SMARTS) is 1. The quantitative estimate of drug-likeness (QED) is 0.594. The monoisotopic (exact) mass is 191 g/mol. The molecular formula is C8H17NO2S. The molecular weight excluding hydrogens is 174 g/mol. The lowest BCUT2D eigenvalue weighted by molar-refractivity contribution is -0.139. The van der Waals surface area contributed by atoms with E-state index in [1.807, 2.05) is 13.2 Å². The minimum atomic E-state index is -0.738. The zero-order valence-electron chi connectivity index (χ0n) is 7.67. The van der Waals surface area contributed by atoms with Crippen molar-refractivity contribution >= 4 is 17.7 Å². The number of thioether (sulfide) groups is 1. The van der Waals surface area contributed by atoms with E-state index in [-0.39, 0.29) is 6.04 Å². The number of carboxylic acids is 1. The van der Waals surface area contributed by atoms with E-state index in [1.54, 1.807) is 11.8 Å². The number of nitrogens with one attached hydrogen (secondary N) is 1. The van der Waals surface area contributed by atoms with Crippen LogP contribution in [0.15, 0.2) is 0 Å². The summed E-state index contributed by atoms with van der Waals surface area (Å²) in [4.78, 5) is 10.6. The van der Waals surface area contributed by atoms with Crippen molar-refractivity contribution < 1.29 is 9.90 Å². The molecule has 0 saturated heterocycles. The van der Waals surface area contributed by atoms with Crippen molar-refractivity contribution in [2.24, 2.45) is 0 Å². The Labute approximate surface area is 77.9 Å². The second kappa shape index (κ2) is 7.43. The predicted molar refractivity (Wildman–Crippen MR) is 52.7 cm³/mol. The molecule has 1 atom stereocenters. The lowest BCUT2D eigenvalue weighted by atomic mass is 10.2. The Bertz CT molecular complexity index is 130. The second-order valence-corrected chi connectivity index (χ2v) is 3.57. The van der Waals surface area contributed by atoms with Crippen LogP contribution in [-0.4, -0.2) is 35.7 Å². The molecule has 0 radical (unpaired) electrons. The maximum Gasteiger partial charge on any atom is 0.320 e. The Balaban J connectivity index is 3.56. The Morgan fingerprint density at radius 3 is 2.75 bits per heavy atom. The molecule has 0 heterocycles. The highest BCUT2D eigenvalue weighted by molar-refractivity contribution is 7.98. The molecule has 72 valence electrons. The molecule has 0 aliphatic carbocycles. The van der Waals surface area contributed by atoms with Gasteiger partial charge in [-0.1, -0.05) is 6.92 Å². The number of aliphatic carboxylic acids is 1. The standard InChI is InChI=1S/C8H17NO2S/c1-3-9-7(8(10)11)5-4-6-12-2/h7,9H,3-6H2,1-2H3,(H,10,11). The minimum absolute atomic E-state index is 0.359. The van der Waals surface area contributed by atoms with Crippen LogP contribution < -0.4 is 5.32 Å². The van der Waals surface area contributed by atoms with Crippen LogP contribution >= 0.6 is 11.8 Å². The van der Waals surface area contributed by atoms with Gasteiger partial charge in [-0.15, -0.1) is 0 Å². The maximum absolute atomic E-state index is 10.6. The van der Waals surface area contributed by atoms with Crippen LogP contribution in [0.25, 0.3) is 0 Å². The third-order valence-corrected chi connectivity index (χ3v) is 2.29. The van der Waals surface area contributed by atoms with Gasteiger partial charge in [0.05, 0.1) is 0 Å². The van der Waals surface area contributed by atoms with Gasteiger partial charge in [0.15, 0.2) is 0 Å². The van der Waals surface area contributed by atoms with Crippen LogP contribution in [0.4, 0.5) is 0 Å². The normalized spacial score (nSPS) is 12.8. The Morgan fingerprint density at radius 2 is 2.33 bits per heavy atom. The van der Waals surface area contributed by atoms with E-state index < -0.39 is 5.97 Å². The van der Waals surface area contributed by atoms with Crippen LogP contribution in [0.1, 0.15) is 19.8 Å². The molecule has 0 amide bonds. The van der Waals surface area contributed by atoms with E-state index in [4.69, 9.17) is 5.11 Å². The van der Waals surface area contributed by atoms with Crippen LogP contribution in [0.2, 0.25) is 0 Å². The van der Waals surface area contributed by atoms with Crippen molar-refractivity contribution in [1.29, 1.82) is 0 Å². The zero-order chi connectivity index (χ0) is 9.40. The van der Waals surface area contributed by atoms with E-state index in [0.29, 0.717) is 0 Å². The molecule has 0 aromatic heterocycles. The maximum atomic E-state index is 10.6. The summed E-state index contributed by atoms with van der Waals surface area (Å²) in [6.45, 7) is 2.64. The highest BCUT2D eigenvalue weighted by Crippen LogP contribution is 2.03. The van der Waals surface area contributed by atoms with Gasteiger partial charge in [0.2, 0.25) is 0 Å².